The molecule has 8 aromatic carbocycles. The van der Waals surface area contributed by atoms with Crippen LogP contribution < -0.4 is 36.6 Å². The Morgan fingerprint density at radius 2 is 0.890 bits per heavy atom. The number of pyridine rings is 2. The monoisotopic (exact) mass is 1120 g/mol. The Morgan fingerprint density at radius 1 is 0.507 bits per heavy atom. The second-order valence-electron chi connectivity index (χ2n) is 15.7. The molecule has 3 heterocycles. The van der Waals surface area contributed by atoms with E-state index in [0.29, 0.717) is 16.4 Å². The van der Waals surface area contributed by atoms with Gasteiger partial charge in [-0.05, 0) is 115 Å². The van der Waals surface area contributed by atoms with E-state index < -0.39 is 23.1 Å². The summed E-state index contributed by atoms with van der Waals surface area (Å²) in [6.07, 6.45) is 3.50. The van der Waals surface area contributed by atoms with Crippen LogP contribution in [0.5, 0.6) is 17.2 Å². The maximum Gasteiger partial charge on any atom is 1.00 e. The van der Waals surface area contributed by atoms with Crippen molar-refractivity contribution in [1.82, 2.24) is 19.9 Å². The molecule has 0 spiro atoms. The number of fused-ring (bicyclic) bond motifs is 6. The van der Waals surface area contributed by atoms with E-state index in [0.717, 1.165) is 44.3 Å². The number of H-pyrrole nitrogens is 1. The van der Waals surface area contributed by atoms with E-state index in [1.54, 1.807) is 30.6 Å². The van der Waals surface area contributed by atoms with Crippen LogP contribution >= 0.6 is 50.6 Å². The number of imidazole rings is 1. The second-order valence-corrected chi connectivity index (χ2v) is 21.8. The average molecular weight is 1120 g/mol. The fraction of sp³-hybridized carbons (Fsp3) is 0.0179. The van der Waals surface area contributed by atoms with Crippen LogP contribution in [0, 0.1) is 0 Å². The number of aromatic amines is 1. The Kier molecular flexibility index (Phi) is 19.4. The molecule has 0 fully saturated rings. The van der Waals surface area contributed by atoms with Gasteiger partial charge in [-0.3, -0.25) is 9.97 Å². The van der Waals surface area contributed by atoms with Crippen molar-refractivity contribution < 1.29 is 44.2 Å². The summed E-state index contributed by atoms with van der Waals surface area (Å²) in [6, 6.07) is 73.2. The number of alkyl halides is 2. The summed E-state index contributed by atoms with van der Waals surface area (Å²) in [4.78, 5) is 17.0. The number of aromatic hydroxyl groups is 1. The van der Waals surface area contributed by atoms with Crippen molar-refractivity contribution >= 4 is 123 Å². The van der Waals surface area contributed by atoms with Gasteiger partial charge in [-0.1, -0.05) is 109 Å². The molecule has 0 saturated carbocycles. The predicted octanol–water partition coefficient (Wildman–Crippen LogP) is 13.9. The van der Waals surface area contributed by atoms with Gasteiger partial charge in [-0.15, -0.1) is 23.2 Å². The predicted molar refractivity (Wildman–Crippen MR) is 299 cm³/mol. The normalized spacial score (nSPS) is 10.9. The summed E-state index contributed by atoms with van der Waals surface area (Å²) in [7, 11) is -8.56. The zero-order chi connectivity index (χ0) is 50.5. The van der Waals surface area contributed by atoms with Crippen molar-refractivity contribution in [3.8, 4) is 28.6 Å². The first-order chi connectivity index (χ1) is 35.0. The van der Waals surface area contributed by atoms with Crippen LogP contribution in [0.15, 0.2) is 225 Å². The van der Waals surface area contributed by atoms with Crippen LogP contribution in [0.25, 0.3) is 44.2 Å². The van der Waals surface area contributed by atoms with Gasteiger partial charge in [-0.2, -0.15) is 0 Å². The first kappa shape index (κ1) is 54.5. The third kappa shape index (κ3) is 13.9. The van der Waals surface area contributed by atoms with Crippen LogP contribution in [0.2, 0.25) is 5.02 Å². The number of hydrogen-bond acceptors (Lipinski definition) is 5. The minimum atomic E-state index is -6.00. The van der Waals surface area contributed by atoms with E-state index in [4.69, 9.17) is 44.5 Å². The molecule has 2 N–H and O–H groups in total. The van der Waals surface area contributed by atoms with E-state index in [1.807, 2.05) is 24.3 Å². The van der Waals surface area contributed by atoms with Gasteiger partial charge >= 0.3 is 24.3 Å². The van der Waals surface area contributed by atoms with Crippen molar-refractivity contribution in [1.29, 1.82) is 0 Å². The molecule has 0 unspecified atom stereocenters. The maximum absolute atomic E-state index is 10.2. The van der Waals surface area contributed by atoms with E-state index in [2.05, 4.69) is 185 Å². The number of benzene rings is 8. The van der Waals surface area contributed by atoms with Crippen molar-refractivity contribution in [2.45, 2.75) is 0 Å². The maximum atomic E-state index is 10.2. The molecule has 0 aliphatic heterocycles. The standard InChI is InChI=1S/C36H28OP2.C19H11ClN4O.CH2Cl2.BF4.Cu/c1-5-17-29(18-6-1)38(30-19-7-2-8-20-30)35-27-15-13-25-33(35)37-34-26-14-16-28-36(34)39(31-21-9-3-10-22-31)32-23-11-4-12-24-32;20-10-5-6-14(25)13(9-10)19-23-17-11-3-1-7-21-15(11)16-12(18(17)24-19)4-2-8-22-16;2-1-3;2-1(3,4)5;/h1-28H;1-9,25H,(H,23,24);1H2;;/q;;;-1;+1/p+2. The number of nitrogens with one attached hydrogen (secondary N) is 1. The number of aromatic nitrogens is 4. The molecule has 6 nitrogen and oxygen atoms in total. The Balaban J connectivity index is 0.000000196. The number of phenolic OH excluding ortho intramolecular Hbond substituents is 1. The van der Waals surface area contributed by atoms with E-state index in [1.165, 1.54) is 31.8 Å². The van der Waals surface area contributed by atoms with Crippen LogP contribution in [0.3, 0.4) is 0 Å². The molecule has 3 aromatic heterocycles. The minimum Gasteiger partial charge on any atom is -0.507 e. The topological polar surface area (TPSA) is 83.9 Å². The summed E-state index contributed by atoms with van der Waals surface area (Å²) in [5.41, 5.74) is 3.82. The molecular formula is C56H43BCl3CuF4N4O2P2+2. The molecule has 0 saturated heterocycles. The van der Waals surface area contributed by atoms with Gasteiger partial charge in [0.05, 0.1) is 33.0 Å². The van der Waals surface area contributed by atoms with Gasteiger partial charge in [0, 0.05) is 28.2 Å². The van der Waals surface area contributed by atoms with Gasteiger partial charge in [0.1, 0.15) is 59.2 Å². The minimum absolute atomic E-state index is 0. The van der Waals surface area contributed by atoms with E-state index >= 15 is 0 Å². The molecule has 0 atom stereocenters. The summed E-state index contributed by atoms with van der Waals surface area (Å²) < 4.78 is 45.9. The van der Waals surface area contributed by atoms with Crippen molar-refractivity contribution in [3.63, 3.8) is 0 Å². The number of halogens is 7. The van der Waals surface area contributed by atoms with Crippen LogP contribution in [-0.4, -0.2) is 37.6 Å². The zero-order valence-corrected chi connectivity index (χ0v) is 43.5. The smallest absolute Gasteiger partial charge is 0.507 e. The molecule has 17 heteroatoms. The number of ether oxygens (including phenoxy) is 1. The summed E-state index contributed by atoms with van der Waals surface area (Å²) in [5.74, 6) is 2.52. The summed E-state index contributed by atoms with van der Waals surface area (Å²) >= 11 is 15.6. The molecule has 0 amide bonds. The number of para-hydroxylation sites is 2. The first-order valence-electron chi connectivity index (χ1n) is 22.3. The van der Waals surface area contributed by atoms with Crippen molar-refractivity contribution in [2.75, 3.05) is 5.34 Å². The van der Waals surface area contributed by atoms with Crippen LogP contribution in [0.4, 0.5) is 17.3 Å². The quantitative estimate of drug-likeness (QED) is 0.0495. The van der Waals surface area contributed by atoms with Gasteiger partial charge < -0.3 is 32.1 Å². The Hall–Kier alpha value is -6.32. The number of nitrogens with zero attached hydrogens (tertiary/aromatic N) is 3. The Morgan fingerprint density at radius 3 is 1.33 bits per heavy atom. The fourth-order valence-electron chi connectivity index (χ4n) is 8.19. The fourth-order valence-corrected chi connectivity index (χ4v) is 13.7. The SMILES string of the molecule is ClCCl.F[B-](F)(F)F.Oc1ccc(Cl)cc1-c1nc2c3cccnc3c3ncccc3c2[nH]1.[Cu+].c1ccc([PH+](c2ccccc2)c2ccccc2Oc2ccccc2[PH+](c2ccccc2)c2ccccc2)cc1. The molecule has 0 radical (unpaired) electrons. The third-order valence-electron chi connectivity index (χ3n) is 11.1. The molecule has 73 heavy (non-hydrogen) atoms. The van der Waals surface area contributed by atoms with Crippen LogP contribution in [0.1, 0.15) is 0 Å². The molecule has 0 bridgehead atoms. The van der Waals surface area contributed by atoms with E-state index in [9.17, 15) is 22.4 Å². The Bertz CT molecular complexity index is 3240. The Labute approximate surface area is 447 Å². The molecular weight excluding hydrogens is 1080 g/mol. The average Bonchev–Trinajstić information content (AvgIpc) is 3.86. The largest absolute Gasteiger partial charge is 1.00 e. The number of phenols is 1. The molecule has 11 aromatic rings. The third-order valence-corrected chi connectivity index (χ3v) is 16.8. The van der Waals surface area contributed by atoms with Crippen molar-refractivity contribution in [3.05, 3.63) is 230 Å². The van der Waals surface area contributed by atoms with Crippen LogP contribution in [-0.2, 0) is 17.1 Å². The van der Waals surface area contributed by atoms with Gasteiger partial charge in [-0.25, -0.2) is 4.98 Å². The second kappa shape index (κ2) is 26.1. The summed E-state index contributed by atoms with van der Waals surface area (Å²) in [6.45, 7) is 0. The molecule has 0 aliphatic carbocycles. The van der Waals surface area contributed by atoms with Crippen molar-refractivity contribution in [2.24, 2.45) is 0 Å². The summed E-state index contributed by atoms with van der Waals surface area (Å²) in [5, 5.41) is 20.6. The zero-order valence-electron chi connectivity index (χ0n) is 38.3. The van der Waals surface area contributed by atoms with Gasteiger partial charge in [0.25, 0.3) is 0 Å². The van der Waals surface area contributed by atoms with E-state index in [-0.39, 0.29) is 28.2 Å². The molecule has 11 rings (SSSR count). The molecule has 0 aliphatic rings. The number of hydrogen-bond donors (Lipinski definition) is 2. The molecule has 370 valence electrons. The first-order valence-corrected chi connectivity index (χ1v) is 26.8. The number of rotatable bonds is 9. The van der Waals surface area contributed by atoms with Gasteiger partial charge in [0.15, 0.2) is 11.5 Å². The van der Waals surface area contributed by atoms with Gasteiger partial charge in [0.2, 0.25) is 0 Å².